The number of hydrogen-bond acceptors (Lipinski definition) is 6. The molecular formula is C13H16N4O3. The van der Waals surface area contributed by atoms with Crippen molar-refractivity contribution in [3.63, 3.8) is 0 Å². The molecule has 2 rings (SSSR count). The van der Waals surface area contributed by atoms with Crippen LogP contribution in [0.15, 0.2) is 22.7 Å². The highest BCUT2D eigenvalue weighted by molar-refractivity contribution is 5.62. The average molecular weight is 276 g/mol. The molecule has 106 valence electrons. The molecule has 1 heterocycles. The summed E-state index contributed by atoms with van der Waals surface area (Å²) >= 11 is 0. The van der Waals surface area contributed by atoms with Gasteiger partial charge in [0.25, 0.3) is 11.6 Å². The number of nitro benzene ring substituents is 1. The van der Waals surface area contributed by atoms with E-state index in [0.717, 1.165) is 5.56 Å². The fourth-order valence-electron chi connectivity index (χ4n) is 1.73. The van der Waals surface area contributed by atoms with Crippen molar-refractivity contribution < 1.29 is 9.45 Å². The number of non-ortho nitro benzene ring substituents is 1. The summed E-state index contributed by atoms with van der Waals surface area (Å²) in [7, 11) is 0. The van der Waals surface area contributed by atoms with E-state index in [1.54, 1.807) is 6.07 Å². The summed E-state index contributed by atoms with van der Waals surface area (Å²) in [5.41, 5.74) is 7.31. The van der Waals surface area contributed by atoms with Gasteiger partial charge in [-0.3, -0.25) is 10.1 Å². The Labute approximate surface area is 115 Å². The molecule has 20 heavy (non-hydrogen) atoms. The lowest BCUT2D eigenvalue weighted by Crippen LogP contribution is -2.18. The summed E-state index contributed by atoms with van der Waals surface area (Å²) in [6.45, 7) is 5.74. The van der Waals surface area contributed by atoms with Gasteiger partial charge in [-0.1, -0.05) is 25.1 Å². The van der Waals surface area contributed by atoms with Gasteiger partial charge in [-0.2, -0.15) is 4.98 Å². The first kappa shape index (κ1) is 14.1. The summed E-state index contributed by atoms with van der Waals surface area (Å²) in [6.07, 6.45) is 0. The van der Waals surface area contributed by atoms with Crippen molar-refractivity contribution in [1.29, 1.82) is 0 Å². The fraction of sp³-hybridized carbons (Fsp3) is 0.385. The molecule has 2 N–H and O–H groups in total. The van der Waals surface area contributed by atoms with Crippen LogP contribution in [0.5, 0.6) is 0 Å². The van der Waals surface area contributed by atoms with Crippen molar-refractivity contribution in [3.8, 4) is 11.5 Å². The molecule has 0 bridgehead atoms. The minimum absolute atomic E-state index is 0.0153. The van der Waals surface area contributed by atoms with Crippen LogP contribution >= 0.6 is 0 Å². The Balaban J connectivity index is 2.42. The number of aryl methyl sites for hydroxylation is 1. The first-order chi connectivity index (χ1) is 9.40. The van der Waals surface area contributed by atoms with Crippen LogP contribution in [0.1, 0.15) is 31.3 Å². The first-order valence-electron chi connectivity index (χ1n) is 6.24. The summed E-state index contributed by atoms with van der Waals surface area (Å²) in [5.74, 6) is 0.824. The molecule has 0 radical (unpaired) electrons. The van der Waals surface area contributed by atoms with Crippen LogP contribution in [0.25, 0.3) is 11.5 Å². The summed E-state index contributed by atoms with van der Waals surface area (Å²) in [4.78, 5) is 14.6. The van der Waals surface area contributed by atoms with Crippen molar-refractivity contribution >= 4 is 5.69 Å². The quantitative estimate of drug-likeness (QED) is 0.679. The van der Waals surface area contributed by atoms with Gasteiger partial charge in [-0.25, -0.2) is 0 Å². The largest absolute Gasteiger partial charge is 0.334 e. The van der Waals surface area contributed by atoms with Gasteiger partial charge < -0.3 is 10.3 Å². The van der Waals surface area contributed by atoms with Crippen LogP contribution in [0.4, 0.5) is 5.69 Å². The monoisotopic (exact) mass is 276 g/mol. The number of nitrogens with zero attached hydrogens (tertiary/aromatic N) is 3. The van der Waals surface area contributed by atoms with Crippen molar-refractivity contribution in [2.24, 2.45) is 11.7 Å². The molecule has 1 unspecified atom stereocenters. The molecule has 0 aliphatic heterocycles. The zero-order valence-electron chi connectivity index (χ0n) is 11.5. The second-order valence-electron chi connectivity index (χ2n) is 4.98. The number of rotatable bonds is 4. The van der Waals surface area contributed by atoms with E-state index in [0.29, 0.717) is 11.4 Å². The molecule has 1 aromatic heterocycles. The van der Waals surface area contributed by atoms with Gasteiger partial charge in [0.1, 0.15) is 0 Å². The lowest BCUT2D eigenvalue weighted by molar-refractivity contribution is -0.384. The maximum atomic E-state index is 10.8. The molecule has 1 atom stereocenters. The molecule has 0 fully saturated rings. The molecule has 7 nitrogen and oxygen atoms in total. The van der Waals surface area contributed by atoms with Crippen LogP contribution < -0.4 is 5.73 Å². The predicted molar refractivity (Wildman–Crippen MR) is 72.9 cm³/mol. The van der Waals surface area contributed by atoms with Gasteiger partial charge >= 0.3 is 0 Å². The Hall–Kier alpha value is -2.28. The Morgan fingerprint density at radius 3 is 2.70 bits per heavy atom. The Kier molecular flexibility index (Phi) is 3.80. The van der Waals surface area contributed by atoms with Crippen LogP contribution in [-0.2, 0) is 0 Å². The summed E-state index contributed by atoms with van der Waals surface area (Å²) < 4.78 is 5.17. The topological polar surface area (TPSA) is 108 Å². The van der Waals surface area contributed by atoms with E-state index in [2.05, 4.69) is 10.1 Å². The van der Waals surface area contributed by atoms with E-state index in [4.69, 9.17) is 10.3 Å². The second-order valence-corrected chi connectivity index (χ2v) is 4.98. The van der Waals surface area contributed by atoms with E-state index >= 15 is 0 Å². The third-order valence-corrected chi connectivity index (χ3v) is 3.12. The molecule has 0 saturated heterocycles. The van der Waals surface area contributed by atoms with Crippen LogP contribution in [-0.4, -0.2) is 15.1 Å². The second kappa shape index (κ2) is 5.38. The van der Waals surface area contributed by atoms with E-state index in [9.17, 15) is 10.1 Å². The summed E-state index contributed by atoms with van der Waals surface area (Å²) in [6, 6.07) is 4.19. The molecule has 0 aliphatic carbocycles. The summed E-state index contributed by atoms with van der Waals surface area (Å²) in [5, 5.41) is 14.7. The average Bonchev–Trinajstić information content (AvgIpc) is 2.87. The third-order valence-electron chi connectivity index (χ3n) is 3.12. The Morgan fingerprint density at radius 2 is 2.10 bits per heavy atom. The van der Waals surface area contributed by atoms with Gasteiger partial charge in [0.05, 0.1) is 11.0 Å². The van der Waals surface area contributed by atoms with Gasteiger partial charge in [0.15, 0.2) is 5.82 Å². The first-order valence-corrected chi connectivity index (χ1v) is 6.24. The fourth-order valence-corrected chi connectivity index (χ4v) is 1.73. The van der Waals surface area contributed by atoms with E-state index in [1.165, 1.54) is 12.1 Å². The smallest absolute Gasteiger partial charge is 0.270 e. The van der Waals surface area contributed by atoms with Gasteiger partial charge in [-0.05, 0) is 18.4 Å². The maximum absolute atomic E-state index is 10.8. The van der Waals surface area contributed by atoms with Crippen molar-refractivity contribution in [1.82, 2.24) is 10.1 Å². The lowest BCUT2D eigenvalue weighted by atomic mass is 10.1. The van der Waals surface area contributed by atoms with Crippen LogP contribution in [0.2, 0.25) is 0 Å². The lowest BCUT2D eigenvalue weighted by Gasteiger charge is -2.09. The third kappa shape index (κ3) is 2.67. The zero-order valence-corrected chi connectivity index (χ0v) is 11.5. The molecule has 0 amide bonds. The van der Waals surface area contributed by atoms with Gasteiger partial charge in [-0.15, -0.1) is 0 Å². The van der Waals surface area contributed by atoms with Crippen LogP contribution in [0, 0.1) is 23.0 Å². The number of nitro groups is 1. The standard InChI is InChI=1S/C13H16N4O3/c1-7(2)11(14)12-15-13(20-16-12)10-6-9(17(18)19)5-4-8(10)3/h4-7,11H,14H2,1-3H3. The predicted octanol–water partition coefficient (Wildman–Crippen LogP) is 2.61. The number of benzene rings is 1. The van der Waals surface area contributed by atoms with Crippen molar-refractivity contribution in [3.05, 3.63) is 39.7 Å². The molecule has 7 heteroatoms. The minimum Gasteiger partial charge on any atom is -0.334 e. The molecular weight excluding hydrogens is 260 g/mol. The van der Waals surface area contributed by atoms with Gasteiger partial charge in [0.2, 0.25) is 0 Å². The molecule has 0 aliphatic rings. The SMILES string of the molecule is Cc1ccc([N+](=O)[O-])cc1-c1nc(C(N)C(C)C)no1. The van der Waals surface area contributed by atoms with Crippen molar-refractivity contribution in [2.75, 3.05) is 0 Å². The van der Waals surface area contributed by atoms with Crippen molar-refractivity contribution in [2.45, 2.75) is 26.8 Å². The van der Waals surface area contributed by atoms with E-state index in [-0.39, 0.29) is 23.5 Å². The minimum atomic E-state index is -0.458. The van der Waals surface area contributed by atoms with Crippen LogP contribution in [0.3, 0.4) is 0 Å². The highest BCUT2D eigenvalue weighted by Gasteiger charge is 2.20. The van der Waals surface area contributed by atoms with E-state index in [1.807, 2.05) is 20.8 Å². The van der Waals surface area contributed by atoms with Gasteiger partial charge in [0, 0.05) is 17.7 Å². The number of hydrogen-bond donors (Lipinski definition) is 1. The number of nitrogens with two attached hydrogens (primary N) is 1. The molecule has 0 spiro atoms. The number of aromatic nitrogens is 2. The molecule has 0 saturated carbocycles. The highest BCUT2D eigenvalue weighted by Crippen LogP contribution is 2.27. The zero-order chi connectivity index (χ0) is 14.9. The maximum Gasteiger partial charge on any atom is 0.270 e. The highest BCUT2D eigenvalue weighted by atomic mass is 16.6. The Morgan fingerprint density at radius 1 is 1.40 bits per heavy atom. The molecule has 2 aromatic rings. The molecule has 1 aromatic carbocycles. The van der Waals surface area contributed by atoms with E-state index < -0.39 is 4.92 Å². The Bertz CT molecular complexity index is 636. The normalized spacial score (nSPS) is 12.7.